The fraction of sp³-hybridized carbons (Fsp3) is 0.917. The summed E-state index contributed by atoms with van der Waals surface area (Å²) in [5.41, 5.74) is 6.09. The summed E-state index contributed by atoms with van der Waals surface area (Å²) in [6.45, 7) is 7.50. The highest BCUT2D eigenvalue weighted by molar-refractivity contribution is 5.79. The Morgan fingerprint density at radius 2 is 2.14 bits per heavy atom. The maximum atomic E-state index is 11.3. The first-order valence-electron chi connectivity index (χ1n) is 5.73. The minimum Gasteiger partial charge on any atom is -0.330 e. The Hall–Kier alpha value is -0.370. The lowest BCUT2D eigenvalue weighted by Gasteiger charge is -2.41. The lowest BCUT2D eigenvalue weighted by atomic mass is 9.64. The molecule has 0 bridgehead atoms. The van der Waals surface area contributed by atoms with E-state index in [9.17, 15) is 4.79 Å². The Labute approximate surface area is 87.2 Å². The zero-order chi connectivity index (χ0) is 10.8. The molecule has 0 aromatic heterocycles. The van der Waals surface area contributed by atoms with E-state index in [1.54, 1.807) is 0 Å². The molecule has 1 fully saturated rings. The highest BCUT2D eigenvalue weighted by Gasteiger charge is 2.37. The van der Waals surface area contributed by atoms with Crippen molar-refractivity contribution in [3.63, 3.8) is 0 Å². The van der Waals surface area contributed by atoms with E-state index in [1.165, 1.54) is 6.42 Å². The number of ketones is 1. The first kappa shape index (κ1) is 11.7. The van der Waals surface area contributed by atoms with E-state index in [2.05, 4.69) is 20.8 Å². The topological polar surface area (TPSA) is 43.1 Å². The summed E-state index contributed by atoms with van der Waals surface area (Å²) in [7, 11) is 0. The van der Waals surface area contributed by atoms with Crippen LogP contribution in [0.25, 0.3) is 0 Å². The number of carbonyl (C=O) groups excluding carboxylic acids is 1. The van der Waals surface area contributed by atoms with Gasteiger partial charge in [0.25, 0.3) is 0 Å². The van der Waals surface area contributed by atoms with Crippen LogP contribution in [-0.2, 0) is 4.79 Å². The van der Waals surface area contributed by atoms with Crippen molar-refractivity contribution in [1.82, 2.24) is 0 Å². The van der Waals surface area contributed by atoms with Crippen LogP contribution in [0.3, 0.4) is 0 Å². The molecular formula is C12H23NO. The number of Topliss-reactive ketones (excluding diaryl/α,β-unsaturated/α-hetero) is 1. The summed E-state index contributed by atoms with van der Waals surface area (Å²) in [5, 5.41) is 0. The Balaban J connectivity index is 2.72. The standard InChI is InChI=1S/C12H23NO/c1-4-12(2,3)11-6-5-10(14)7-9(11)8-13/h9,11H,4-8,13H2,1-3H3. The van der Waals surface area contributed by atoms with Crippen LogP contribution < -0.4 is 5.73 Å². The van der Waals surface area contributed by atoms with Gasteiger partial charge in [0.1, 0.15) is 5.78 Å². The Morgan fingerprint density at radius 1 is 1.50 bits per heavy atom. The van der Waals surface area contributed by atoms with Crippen molar-refractivity contribution in [3.8, 4) is 0 Å². The minimum atomic E-state index is 0.338. The van der Waals surface area contributed by atoms with E-state index >= 15 is 0 Å². The zero-order valence-corrected chi connectivity index (χ0v) is 9.68. The monoisotopic (exact) mass is 197 g/mol. The van der Waals surface area contributed by atoms with E-state index in [4.69, 9.17) is 5.73 Å². The fourth-order valence-electron chi connectivity index (χ4n) is 2.63. The average Bonchev–Trinajstić information content (AvgIpc) is 2.17. The third-order valence-electron chi connectivity index (χ3n) is 4.01. The summed E-state index contributed by atoms with van der Waals surface area (Å²) in [4.78, 5) is 11.3. The van der Waals surface area contributed by atoms with E-state index in [0.29, 0.717) is 36.0 Å². The Kier molecular flexibility index (Phi) is 3.71. The molecule has 0 radical (unpaired) electrons. The van der Waals surface area contributed by atoms with E-state index in [0.717, 1.165) is 12.8 Å². The molecule has 1 rings (SSSR count). The smallest absolute Gasteiger partial charge is 0.133 e. The molecule has 2 atom stereocenters. The van der Waals surface area contributed by atoms with Crippen molar-refractivity contribution in [2.24, 2.45) is 23.0 Å². The number of rotatable bonds is 3. The van der Waals surface area contributed by atoms with Crippen molar-refractivity contribution in [3.05, 3.63) is 0 Å². The molecule has 0 spiro atoms. The van der Waals surface area contributed by atoms with Crippen LogP contribution in [0.5, 0.6) is 0 Å². The number of nitrogens with two attached hydrogens (primary N) is 1. The number of hydrogen-bond acceptors (Lipinski definition) is 2. The maximum Gasteiger partial charge on any atom is 0.133 e. The van der Waals surface area contributed by atoms with Gasteiger partial charge in [-0.15, -0.1) is 0 Å². The molecule has 0 aliphatic heterocycles. The SMILES string of the molecule is CCC(C)(C)C1CCC(=O)CC1CN. The lowest BCUT2D eigenvalue weighted by Crippen LogP contribution is -2.39. The molecule has 0 aromatic carbocycles. The fourth-order valence-corrected chi connectivity index (χ4v) is 2.63. The molecule has 0 aromatic rings. The summed E-state index contributed by atoms with van der Waals surface area (Å²) in [6, 6.07) is 0. The largest absolute Gasteiger partial charge is 0.330 e. The minimum absolute atomic E-state index is 0.338. The van der Waals surface area contributed by atoms with Gasteiger partial charge in [0.15, 0.2) is 0 Å². The highest BCUT2D eigenvalue weighted by atomic mass is 16.1. The lowest BCUT2D eigenvalue weighted by molar-refractivity contribution is -0.123. The van der Waals surface area contributed by atoms with Crippen molar-refractivity contribution in [2.75, 3.05) is 6.54 Å². The molecule has 14 heavy (non-hydrogen) atoms. The van der Waals surface area contributed by atoms with Crippen molar-refractivity contribution >= 4 is 5.78 Å². The number of carbonyl (C=O) groups is 1. The second-order valence-electron chi connectivity index (χ2n) is 5.23. The molecule has 1 aliphatic carbocycles. The molecule has 82 valence electrons. The summed E-state index contributed by atoms with van der Waals surface area (Å²) < 4.78 is 0. The second-order valence-corrected chi connectivity index (χ2v) is 5.23. The molecule has 2 N–H and O–H groups in total. The molecule has 2 unspecified atom stereocenters. The van der Waals surface area contributed by atoms with Gasteiger partial charge >= 0.3 is 0 Å². The van der Waals surface area contributed by atoms with Crippen LogP contribution in [0.1, 0.15) is 46.5 Å². The zero-order valence-electron chi connectivity index (χ0n) is 9.68. The van der Waals surface area contributed by atoms with Crippen LogP contribution in [0.15, 0.2) is 0 Å². The molecule has 0 heterocycles. The van der Waals surface area contributed by atoms with Crippen LogP contribution >= 0.6 is 0 Å². The molecule has 2 nitrogen and oxygen atoms in total. The van der Waals surface area contributed by atoms with Crippen molar-refractivity contribution in [1.29, 1.82) is 0 Å². The van der Waals surface area contributed by atoms with Gasteiger partial charge in [-0.25, -0.2) is 0 Å². The van der Waals surface area contributed by atoms with E-state index in [-0.39, 0.29) is 0 Å². The molecule has 0 amide bonds. The number of hydrogen-bond donors (Lipinski definition) is 1. The first-order valence-corrected chi connectivity index (χ1v) is 5.73. The van der Waals surface area contributed by atoms with Crippen molar-refractivity contribution in [2.45, 2.75) is 46.5 Å². The quantitative estimate of drug-likeness (QED) is 0.754. The summed E-state index contributed by atoms with van der Waals surface area (Å²) in [6.07, 6.45) is 3.69. The van der Waals surface area contributed by atoms with Crippen molar-refractivity contribution < 1.29 is 4.79 Å². The van der Waals surface area contributed by atoms with Gasteiger partial charge in [0.05, 0.1) is 0 Å². The van der Waals surface area contributed by atoms with E-state index < -0.39 is 0 Å². The van der Waals surface area contributed by atoms with Crippen LogP contribution in [-0.4, -0.2) is 12.3 Å². The molecule has 1 aliphatic rings. The summed E-state index contributed by atoms with van der Waals surface area (Å²) >= 11 is 0. The third kappa shape index (κ3) is 2.35. The van der Waals surface area contributed by atoms with Gasteiger partial charge in [-0.05, 0) is 30.2 Å². The molecule has 1 saturated carbocycles. The maximum absolute atomic E-state index is 11.3. The van der Waals surface area contributed by atoms with Crippen LogP contribution in [0.4, 0.5) is 0 Å². The van der Waals surface area contributed by atoms with Gasteiger partial charge in [0, 0.05) is 12.8 Å². The molecule has 2 heteroatoms. The van der Waals surface area contributed by atoms with E-state index in [1.807, 2.05) is 0 Å². The first-order chi connectivity index (χ1) is 6.51. The van der Waals surface area contributed by atoms with Gasteiger partial charge < -0.3 is 5.73 Å². The van der Waals surface area contributed by atoms with Gasteiger partial charge in [-0.1, -0.05) is 27.2 Å². The van der Waals surface area contributed by atoms with Crippen LogP contribution in [0, 0.1) is 17.3 Å². The predicted molar refractivity (Wildman–Crippen MR) is 59.0 cm³/mol. The molecular weight excluding hydrogens is 174 g/mol. The Morgan fingerprint density at radius 3 is 2.64 bits per heavy atom. The Bertz CT molecular complexity index is 210. The van der Waals surface area contributed by atoms with Gasteiger partial charge in [-0.3, -0.25) is 4.79 Å². The van der Waals surface area contributed by atoms with Gasteiger partial charge in [-0.2, -0.15) is 0 Å². The highest BCUT2D eigenvalue weighted by Crippen LogP contribution is 2.42. The second kappa shape index (κ2) is 4.43. The third-order valence-corrected chi connectivity index (χ3v) is 4.01. The normalized spacial score (nSPS) is 29.3. The molecule has 0 saturated heterocycles. The van der Waals surface area contributed by atoms with Gasteiger partial charge in [0.2, 0.25) is 0 Å². The van der Waals surface area contributed by atoms with Crippen LogP contribution in [0.2, 0.25) is 0 Å². The predicted octanol–water partition coefficient (Wildman–Crippen LogP) is 2.37. The summed E-state index contributed by atoms with van der Waals surface area (Å²) in [5.74, 6) is 1.46. The average molecular weight is 197 g/mol.